The largest absolute Gasteiger partial charge is 0.326 e. The molecule has 0 bridgehead atoms. The number of hydrogen-bond donors (Lipinski definition) is 2. The summed E-state index contributed by atoms with van der Waals surface area (Å²) in [5, 5.41) is 6.15. The van der Waals surface area contributed by atoms with Crippen LogP contribution in [0, 0.1) is 5.92 Å². The molecular formula is C20H22ClN3O2. The Labute approximate surface area is 158 Å². The van der Waals surface area contributed by atoms with Gasteiger partial charge in [-0.15, -0.1) is 0 Å². The Morgan fingerprint density at radius 1 is 1.08 bits per heavy atom. The average molecular weight is 372 g/mol. The molecule has 1 heterocycles. The van der Waals surface area contributed by atoms with Crippen LogP contribution in [0.1, 0.15) is 19.4 Å². The molecule has 136 valence electrons. The lowest BCUT2D eigenvalue weighted by atomic mass is 10.0. The molecule has 3 rings (SSSR count). The topological polar surface area (TPSA) is 61.4 Å². The van der Waals surface area contributed by atoms with Gasteiger partial charge in [0.15, 0.2) is 0 Å². The predicted octanol–water partition coefficient (Wildman–Crippen LogP) is 4.08. The minimum absolute atomic E-state index is 0.0359. The van der Waals surface area contributed by atoms with Gasteiger partial charge in [-0.05, 0) is 48.2 Å². The molecule has 0 saturated heterocycles. The van der Waals surface area contributed by atoms with Gasteiger partial charge in [-0.2, -0.15) is 0 Å². The van der Waals surface area contributed by atoms with Gasteiger partial charge >= 0.3 is 6.03 Å². The Hall–Kier alpha value is -2.53. The van der Waals surface area contributed by atoms with Crippen LogP contribution in [-0.4, -0.2) is 24.5 Å². The van der Waals surface area contributed by atoms with Gasteiger partial charge < -0.3 is 15.5 Å². The van der Waals surface area contributed by atoms with Crippen LogP contribution < -0.4 is 15.5 Å². The van der Waals surface area contributed by atoms with Crippen molar-refractivity contribution >= 4 is 34.9 Å². The van der Waals surface area contributed by atoms with E-state index in [1.54, 1.807) is 29.2 Å². The molecule has 1 atom stereocenters. The molecule has 0 radical (unpaired) electrons. The van der Waals surface area contributed by atoms with Crippen molar-refractivity contribution < 1.29 is 9.59 Å². The number of anilines is 2. The molecular weight excluding hydrogens is 350 g/mol. The highest BCUT2D eigenvalue weighted by molar-refractivity contribution is 6.30. The lowest BCUT2D eigenvalue weighted by Crippen LogP contribution is -2.52. The van der Waals surface area contributed by atoms with Gasteiger partial charge in [0.2, 0.25) is 5.91 Å². The molecule has 2 N–H and O–H groups in total. The van der Waals surface area contributed by atoms with E-state index in [0.29, 0.717) is 17.3 Å². The van der Waals surface area contributed by atoms with Crippen LogP contribution in [-0.2, 0) is 11.2 Å². The Morgan fingerprint density at radius 3 is 2.46 bits per heavy atom. The summed E-state index contributed by atoms with van der Waals surface area (Å²) in [5.74, 6) is -0.123. The number of hydrogen-bond acceptors (Lipinski definition) is 2. The molecule has 6 heteroatoms. The van der Waals surface area contributed by atoms with Gasteiger partial charge in [-0.1, -0.05) is 43.6 Å². The Morgan fingerprint density at radius 2 is 1.77 bits per heavy atom. The fourth-order valence-corrected chi connectivity index (χ4v) is 3.22. The van der Waals surface area contributed by atoms with Gasteiger partial charge in [0, 0.05) is 22.9 Å². The summed E-state index contributed by atoms with van der Waals surface area (Å²) in [6.45, 7) is 4.49. The predicted molar refractivity (Wildman–Crippen MR) is 105 cm³/mol. The van der Waals surface area contributed by atoms with Crippen molar-refractivity contribution in [2.75, 3.05) is 16.8 Å². The number of rotatable bonds is 4. The van der Waals surface area contributed by atoms with Gasteiger partial charge in [0.05, 0.1) is 0 Å². The number of amides is 3. The quantitative estimate of drug-likeness (QED) is 0.850. The summed E-state index contributed by atoms with van der Waals surface area (Å²) in [4.78, 5) is 27.2. The lowest BCUT2D eigenvalue weighted by Gasteiger charge is -2.27. The van der Waals surface area contributed by atoms with Crippen molar-refractivity contribution in [2.45, 2.75) is 26.3 Å². The van der Waals surface area contributed by atoms with E-state index in [0.717, 1.165) is 17.7 Å². The second-order valence-corrected chi connectivity index (χ2v) is 7.13. The number of benzene rings is 2. The molecule has 5 nitrogen and oxygen atoms in total. The second kappa shape index (κ2) is 7.79. The highest BCUT2D eigenvalue weighted by atomic mass is 35.5. The van der Waals surface area contributed by atoms with Crippen molar-refractivity contribution in [3.63, 3.8) is 0 Å². The molecule has 1 aliphatic heterocycles. The van der Waals surface area contributed by atoms with Crippen molar-refractivity contribution in [3.8, 4) is 0 Å². The third-order valence-corrected chi connectivity index (χ3v) is 4.73. The SMILES string of the molecule is CC(C)[C@@H](NC(=O)Nc1ccc(Cl)cc1)C(=O)N1CCc2ccccc21. The van der Waals surface area contributed by atoms with Crippen LogP contribution in [0.25, 0.3) is 0 Å². The second-order valence-electron chi connectivity index (χ2n) is 6.70. The zero-order valence-corrected chi connectivity index (χ0v) is 15.6. The van der Waals surface area contributed by atoms with E-state index in [9.17, 15) is 9.59 Å². The monoisotopic (exact) mass is 371 g/mol. The van der Waals surface area contributed by atoms with E-state index < -0.39 is 12.1 Å². The summed E-state index contributed by atoms with van der Waals surface area (Å²) in [6, 6.07) is 13.7. The third-order valence-electron chi connectivity index (χ3n) is 4.47. The van der Waals surface area contributed by atoms with Crippen LogP contribution in [0.3, 0.4) is 0 Å². The first-order valence-electron chi connectivity index (χ1n) is 8.68. The standard InChI is InChI=1S/C20H22ClN3O2/c1-13(2)18(23-20(26)22-16-9-7-15(21)8-10-16)19(25)24-12-11-14-5-3-4-6-17(14)24/h3-10,13,18H,11-12H2,1-2H3,(H2,22,23,26)/t18-/m1/s1. The van der Waals surface area contributed by atoms with E-state index in [4.69, 9.17) is 11.6 Å². The third kappa shape index (κ3) is 3.99. The minimum Gasteiger partial charge on any atom is -0.326 e. The van der Waals surface area contributed by atoms with E-state index >= 15 is 0 Å². The van der Waals surface area contributed by atoms with Crippen molar-refractivity contribution in [2.24, 2.45) is 5.92 Å². The van der Waals surface area contributed by atoms with Gasteiger partial charge in [0.1, 0.15) is 6.04 Å². The number of urea groups is 1. The molecule has 0 saturated carbocycles. The Kier molecular flexibility index (Phi) is 5.47. The molecule has 2 aromatic rings. The molecule has 0 spiro atoms. The summed E-state index contributed by atoms with van der Waals surface area (Å²) in [5.41, 5.74) is 2.71. The zero-order chi connectivity index (χ0) is 18.7. The van der Waals surface area contributed by atoms with Crippen molar-refractivity contribution in [1.29, 1.82) is 0 Å². The van der Waals surface area contributed by atoms with E-state index in [1.165, 1.54) is 0 Å². The number of nitrogens with one attached hydrogen (secondary N) is 2. The average Bonchev–Trinajstić information content (AvgIpc) is 3.05. The van der Waals surface area contributed by atoms with Crippen LogP contribution >= 0.6 is 11.6 Å². The molecule has 0 unspecified atom stereocenters. The van der Waals surface area contributed by atoms with Crippen molar-refractivity contribution in [3.05, 3.63) is 59.1 Å². The Bertz CT molecular complexity index is 805. The molecule has 0 aliphatic carbocycles. The zero-order valence-electron chi connectivity index (χ0n) is 14.8. The maximum atomic E-state index is 13.0. The normalized spacial score (nSPS) is 14.1. The van der Waals surface area contributed by atoms with Crippen molar-refractivity contribution in [1.82, 2.24) is 5.32 Å². The first kappa shape index (κ1) is 18.3. The summed E-state index contributed by atoms with van der Waals surface area (Å²) >= 11 is 5.85. The lowest BCUT2D eigenvalue weighted by molar-refractivity contribution is -0.121. The molecule has 3 amide bonds. The number of nitrogens with zero attached hydrogens (tertiary/aromatic N) is 1. The molecule has 1 aliphatic rings. The molecule has 0 fully saturated rings. The van der Waals surface area contributed by atoms with Crippen LogP contribution in [0.2, 0.25) is 5.02 Å². The minimum atomic E-state index is -0.603. The number of fused-ring (bicyclic) bond motifs is 1. The van der Waals surface area contributed by atoms with Crippen LogP contribution in [0.5, 0.6) is 0 Å². The van der Waals surface area contributed by atoms with Crippen LogP contribution in [0.4, 0.5) is 16.2 Å². The first-order chi connectivity index (χ1) is 12.5. The summed E-state index contributed by atoms with van der Waals surface area (Å²) in [6.07, 6.45) is 0.837. The number of carbonyl (C=O) groups excluding carboxylic acids is 2. The smallest absolute Gasteiger partial charge is 0.319 e. The molecule has 0 aromatic heterocycles. The number of carbonyl (C=O) groups is 2. The van der Waals surface area contributed by atoms with E-state index in [2.05, 4.69) is 10.6 Å². The fourth-order valence-electron chi connectivity index (χ4n) is 3.09. The number of para-hydroxylation sites is 1. The van der Waals surface area contributed by atoms with Gasteiger partial charge in [0.25, 0.3) is 0 Å². The maximum Gasteiger partial charge on any atom is 0.319 e. The highest BCUT2D eigenvalue weighted by Gasteiger charge is 2.32. The van der Waals surface area contributed by atoms with Gasteiger partial charge in [-0.3, -0.25) is 4.79 Å². The van der Waals surface area contributed by atoms with E-state index in [1.807, 2.05) is 38.1 Å². The summed E-state index contributed by atoms with van der Waals surface area (Å²) < 4.78 is 0. The molecule has 2 aromatic carbocycles. The summed E-state index contributed by atoms with van der Waals surface area (Å²) in [7, 11) is 0. The Balaban J connectivity index is 1.70. The molecule has 26 heavy (non-hydrogen) atoms. The highest BCUT2D eigenvalue weighted by Crippen LogP contribution is 2.28. The fraction of sp³-hybridized carbons (Fsp3) is 0.300. The van der Waals surface area contributed by atoms with Gasteiger partial charge in [-0.25, -0.2) is 4.79 Å². The van der Waals surface area contributed by atoms with Crippen LogP contribution in [0.15, 0.2) is 48.5 Å². The first-order valence-corrected chi connectivity index (χ1v) is 9.06. The van der Waals surface area contributed by atoms with E-state index in [-0.39, 0.29) is 11.8 Å². The number of halogens is 1. The maximum absolute atomic E-state index is 13.0.